The molecule has 2 aromatic heterocycles. The first kappa shape index (κ1) is 18.2. The molecule has 0 bridgehead atoms. The van der Waals surface area contributed by atoms with Crippen LogP contribution in [0.5, 0.6) is 0 Å². The molecule has 0 saturated carbocycles. The molecule has 7 heteroatoms. The summed E-state index contributed by atoms with van der Waals surface area (Å²) >= 11 is 0. The third-order valence-corrected chi connectivity index (χ3v) is 5.31. The third kappa shape index (κ3) is 3.04. The van der Waals surface area contributed by atoms with Crippen molar-refractivity contribution in [1.82, 2.24) is 0 Å². The summed E-state index contributed by atoms with van der Waals surface area (Å²) in [6.07, 6.45) is 1.97. The Morgan fingerprint density at radius 2 is 1.77 bits per heavy atom. The number of furan rings is 1. The van der Waals surface area contributed by atoms with E-state index in [1.807, 2.05) is 44.2 Å². The minimum absolute atomic E-state index is 0.0645. The summed E-state index contributed by atoms with van der Waals surface area (Å²) < 4.78 is 11.0. The van der Waals surface area contributed by atoms with E-state index in [9.17, 15) is 9.59 Å². The second-order valence-electron chi connectivity index (χ2n) is 7.27. The van der Waals surface area contributed by atoms with Gasteiger partial charge in [-0.25, -0.2) is 14.8 Å². The number of hydrogen-bond acceptors (Lipinski definition) is 4. The first-order valence-electron chi connectivity index (χ1n) is 9.58. The molecule has 0 atom stereocenters. The van der Waals surface area contributed by atoms with Crippen LogP contribution in [0.2, 0.25) is 0 Å². The van der Waals surface area contributed by atoms with Gasteiger partial charge in [0.05, 0.1) is 17.0 Å². The van der Waals surface area contributed by atoms with E-state index in [1.54, 1.807) is 12.3 Å². The second-order valence-corrected chi connectivity index (χ2v) is 7.27. The Labute approximate surface area is 170 Å². The minimum atomic E-state index is -0.453. The van der Waals surface area contributed by atoms with Gasteiger partial charge in [-0.3, -0.25) is 4.79 Å². The number of carbonyl (C=O) groups is 1. The molecule has 1 aliphatic rings. The molecule has 4 aromatic rings. The van der Waals surface area contributed by atoms with Crippen LogP contribution in [0.3, 0.4) is 0 Å². The number of carbonyl (C=O) groups excluding carboxylic acids is 1. The van der Waals surface area contributed by atoms with Crippen molar-refractivity contribution in [2.24, 2.45) is 15.0 Å². The number of aryl methyl sites for hydroxylation is 2. The Balaban J connectivity index is 1.44. The molecule has 7 nitrogen and oxygen atoms in total. The highest BCUT2D eigenvalue weighted by atomic mass is 16.4. The zero-order valence-electron chi connectivity index (χ0n) is 16.4. The van der Waals surface area contributed by atoms with Crippen LogP contribution in [0.15, 0.2) is 71.3 Å². The second kappa shape index (κ2) is 6.88. The summed E-state index contributed by atoms with van der Waals surface area (Å²) in [5.41, 5.74) is 2.97. The van der Waals surface area contributed by atoms with Gasteiger partial charge in [0, 0.05) is 28.8 Å². The fourth-order valence-electron chi connectivity index (χ4n) is 3.67. The molecule has 0 aliphatic carbocycles. The number of rotatable bonds is 3. The number of fused-ring (bicyclic) bond motifs is 3. The number of guanidine groups is 1. The topological polar surface area (TPSA) is 97.5 Å². The fraction of sp³-hybridized carbons (Fsp3) is 0.174. The van der Waals surface area contributed by atoms with Crippen molar-refractivity contribution < 1.29 is 13.6 Å². The van der Waals surface area contributed by atoms with Gasteiger partial charge in [-0.15, -0.1) is 0 Å². The third-order valence-electron chi connectivity index (χ3n) is 5.31. The molecule has 30 heavy (non-hydrogen) atoms. The van der Waals surface area contributed by atoms with Gasteiger partial charge in [0.2, 0.25) is 5.91 Å². The van der Waals surface area contributed by atoms with Crippen LogP contribution < -0.4 is 16.3 Å². The molecule has 0 unspecified atom stereocenters. The van der Waals surface area contributed by atoms with Crippen molar-refractivity contribution in [3.05, 3.63) is 80.5 Å². The van der Waals surface area contributed by atoms with E-state index in [0.29, 0.717) is 27.4 Å². The maximum Gasteiger partial charge on any atom is 0.339 e. The molecule has 2 aromatic carbocycles. The molecule has 5 rings (SSSR count). The Hall–Kier alpha value is -3.87. The highest BCUT2D eigenvalue weighted by Gasteiger charge is 2.16. The Morgan fingerprint density at radius 3 is 2.50 bits per heavy atom. The van der Waals surface area contributed by atoms with Crippen molar-refractivity contribution in [3.8, 4) is 0 Å². The van der Waals surface area contributed by atoms with E-state index in [1.165, 1.54) is 0 Å². The quantitative estimate of drug-likeness (QED) is 0.495. The molecular formula is C23H17N3O4. The summed E-state index contributed by atoms with van der Waals surface area (Å²) in [4.78, 5) is 37.3. The van der Waals surface area contributed by atoms with Gasteiger partial charge in [0.15, 0.2) is 0 Å². The van der Waals surface area contributed by atoms with Crippen molar-refractivity contribution >= 4 is 33.8 Å². The molecule has 0 fully saturated rings. The van der Waals surface area contributed by atoms with Gasteiger partial charge in [-0.1, -0.05) is 12.1 Å². The van der Waals surface area contributed by atoms with Crippen LogP contribution in [0.1, 0.15) is 23.1 Å². The standard InChI is InChI=1S/C23H17N3O4/c1-12-11-29-19-10-20-16(9-15(12)19)13(2)14(22(28)30-20)7-8-21(27)26-23-24-17-5-3-4-6-18(17)25-23/h3-6,9-11H,7-8H2,1-2H3. The summed E-state index contributed by atoms with van der Waals surface area (Å²) in [5.74, 6) is -0.244. The zero-order chi connectivity index (χ0) is 20.8. The monoisotopic (exact) mass is 399 g/mol. The average molecular weight is 399 g/mol. The van der Waals surface area contributed by atoms with E-state index in [0.717, 1.165) is 21.9 Å². The summed E-state index contributed by atoms with van der Waals surface area (Å²) in [6.45, 7) is 3.83. The molecule has 3 heterocycles. The molecule has 1 amide bonds. The van der Waals surface area contributed by atoms with Crippen LogP contribution in [-0.4, -0.2) is 11.9 Å². The highest BCUT2D eigenvalue weighted by Crippen LogP contribution is 2.29. The normalized spacial score (nSPS) is 12.7. The predicted octanol–water partition coefficient (Wildman–Crippen LogP) is 2.92. The lowest BCUT2D eigenvalue weighted by Crippen LogP contribution is -2.19. The van der Waals surface area contributed by atoms with Crippen molar-refractivity contribution in [2.75, 3.05) is 0 Å². The van der Waals surface area contributed by atoms with E-state index in [2.05, 4.69) is 15.0 Å². The molecule has 148 valence electrons. The highest BCUT2D eigenvalue weighted by molar-refractivity contribution is 5.97. The molecule has 0 N–H and O–H groups in total. The van der Waals surface area contributed by atoms with Gasteiger partial charge < -0.3 is 8.83 Å². The summed E-state index contributed by atoms with van der Waals surface area (Å²) in [6, 6.07) is 11.0. The van der Waals surface area contributed by atoms with Crippen molar-refractivity contribution in [3.63, 3.8) is 0 Å². The van der Waals surface area contributed by atoms with Crippen LogP contribution >= 0.6 is 0 Å². The minimum Gasteiger partial charge on any atom is -0.464 e. The van der Waals surface area contributed by atoms with Gasteiger partial charge in [-0.05, 0) is 49.6 Å². The van der Waals surface area contributed by atoms with Crippen LogP contribution in [0, 0.1) is 13.8 Å². The molecule has 0 spiro atoms. The fourth-order valence-corrected chi connectivity index (χ4v) is 3.67. The molecular weight excluding hydrogens is 382 g/mol. The van der Waals surface area contributed by atoms with Gasteiger partial charge in [-0.2, -0.15) is 4.99 Å². The first-order chi connectivity index (χ1) is 14.5. The zero-order valence-corrected chi connectivity index (χ0v) is 16.4. The van der Waals surface area contributed by atoms with E-state index >= 15 is 0 Å². The summed E-state index contributed by atoms with van der Waals surface area (Å²) in [7, 11) is 0. The number of para-hydroxylation sites is 2. The SMILES string of the molecule is Cc1coc2cc3oc(=O)c(CCC(=O)N=C4N=c5ccccc5=N4)c(C)c3cc12. The maximum atomic E-state index is 12.5. The van der Waals surface area contributed by atoms with Crippen molar-refractivity contribution in [1.29, 1.82) is 0 Å². The lowest BCUT2D eigenvalue weighted by Gasteiger charge is -2.07. The maximum absolute atomic E-state index is 12.5. The summed E-state index contributed by atoms with van der Waals surface area (Å²) in [5, 5.41) is 3.18. The van der Waals surface area contributed by atoms with Gasteiger partial charge in [0.1, 0.15) is 11.2 Å². The van der Waals surface area contributed by atoms with Crippen LogP contribution in [-0.2, 0) is 11.2 Å². The lowest BCUT2D eigenvalue weighted by atomic mass is 10.0. The van der Waals surface area contributed by atoms with E-state index in [4.69, 9.17) is 8.83 Å². The van der Waals surface area contributed by atoms with Crippen LogP contribution in [0.4, 0.5) is 0 Å². The number of amides is 1. The smallest absolute Gasteiger partial charge is 0.339 e. The Morgan fingerprint density at radius 1 is 1.03 bits per heavy atom. The number of aliphatic imine (C=N–C) groups is 1. The number of nitrogens with zero attached hydrogens (tertiary/aromatic N) is 3. The predicted molar refractivity (Wildman–Crippen MR) is 111 cm³/mol. The largest absolute Gasteiger partial charge is 0.464 e. The molecule has 0 saturated heterocycles. The Kier molecular flexibility index (Phi) is 4.17. The van der Waals surface area contributed by atoms with Gasteiger partial charge >= 0.3 is 5.63 Å². The van der Waals surface area contributed by atoms with E-state index < -0.39 is 5.63 Å². The van der Waals surface area contributed by atoms with E-state index in [-0.39, 0.29) is 24.7 Å². The van der Waals surface area contributed by atoms with Crippen molar-refractivity contribution in [2.45, 2.75) is 26.7 Å². The molecule has 1 aliphatic heterocycles. The first-order valence-corrected chi connectivity index (χ1v) is 9.58. The molecule has 0 radical (unpaired) electrons. The number of benzene rings is 2. The lowest BCUT2D eigenvalue weighted by molar-refractivity contribution is -0.117. The average Bonchev–Trinajstić information content (AvgIpc) is 3.29. The Bertz CT molecular complexity index is 1520. The van der Waals surface area contributed by atoms with Crippen LogP contribution in [0.25, 0.3) is 21.9 Å². The number of hydrogen-bond donors (Lipinski definition) is 0. The van der Waals surface area contributed by atoms with Gasteiger partial charge in [0.25, 0.3) is 5.96 Å².